The molecule has 0 saturated carbocycles. The van der Waals surface area contributed by atoms with Crippen LogP contribution in [0.4, 0.5) is 5.95 Å². The molecule has 1 aromatic carbocycles. The molecule has 1 aliphatic heterocycles. The van der Waals surface area contributed by atoms with Crippen LogP contribution in [-0.4, -0.2) is 54.3 Å². The number of pyridine rings is 1. The monoisotopic (exact) mass is 472 g/mol. The van der Waals surface area contributed by atoms with Crippen LogP contribution in [0.5, 0.6) is 0 Å². The van der Waals surface area contributed by atoms with Gasteiger partial charge in [-0.25, -0.2) is 4.52 Å². The van der Waals surface area contributed by atoms with E-state index in [-0.39, 0.29) is 17.9 Å². The third-order valence-electron chi connectivity index (χ3n) is 6.80. The molecule has 1 unspecified atom stereocenters. The Labute approximate surface area is 204 Å². The van der Waals surface area contributed by atoms with Crippen molar-refractivity contribution in [3.05, 3.63) is 66.1 Å². The third kappa shape index (κ3) is 5.05. The number of rotatable bonds is 7. The minimum atomic E-state index is -0.184. The number of hydrogen-bond acceptors (Lipinski definition) is 6. The molecule has 1 saturated heterocycles. The van der Waals surface area contributed by atoms with Gasteiger partial charge >= 0.3 is 0 Å². The van der Waals surface area contributed by atoms with E-state index in [2.05, 4.69) is 66.6 Å². The minimum absolute atomic E-state index is 0.0574. The number of piperidine rings is 1. The van der Waals surface area contributed by atoms with Gasteiger partial charge in [-0.05, 0) is 37.8 Å². The van der Waals surface area contributed by atoms with Gasteiger partial charge in [-0.1, -0.05) is 37.3 Å². The van der Waals surface area contributed by atoms with Gasteiger partial charge in [0.15, 0.2) is 5.65 Å². The Hall–Kier alpha value is -3.72. The molecule has 1 fully saturated rings. The van der Waals surface area contributed by atoms with Crippen LogP contribution < -0.4 is 11.1 Å². The van der Waals surface area contributed by atoms with Crippen LogP contribution in [0.15, 0.2) is 55.0 Å². The first-order chi connectivity index (χ1) is 17.0. The Bertz CT molecular complexity index is 1300. The van der Waals surface area contributed by atoms with E-state index in [9.17, 15) is 4.79 Å². The zero-order chi connectivity index (χ0) is 24.4. The maximum absolute atomic E-state index is 13.0. The summed E-state index contributed by atoms with van der Waals surface area (Å²) in [4.78, 5) is 19.7. The molecule has 0 radical (unpaired) electrons. The zero-order valence-electron chi connectivity index (χ0n) is 20.3. The standard InChI is InChI=1S/C26H32N8O/c1-3-18(2)29-25(35)23-13-20(16-34-24(23)30-26(27)31-34)21-14-28-33(17-21)22-9-11-32(12-10-22)15-19-7-5-4-6-8-19/h4-8,13-14,16-18,22H,3,9-12,15H2,1-2H3,(H2,27,31)(H,29,35). The molecule has 1 amide bonds. The van der Waals surface area contributed by atoms with Crippen LogP contribution >= 0.6 is 0 Å². The van der Waals surface area contributed by atoms with Gasteiger partial charge in [0, 0.05) is 49.2 Å². The number of fused-ring (bicyclic) bond motifs is 1. The second-order valence-corrected chi connectivity index (χ2v) is 9.37. The van der Waals surface area contributed by atoms with Crippen molar-refractivity contribution >= 4 is 17.5 Å². The number of aromatic nitrogens is 5. The lowest BCUT2D eigenvalue weighted by Crippen LogP contribution is -2.34. The highest BCUT2D eigenvalue weighted by atomic mass is 16.1. The predicted octanol–water partition coefficient (Wildman–Crippen LogP) is 3.54. The third-order valence-corrected chi connectivity index (χ3v) is 6.80. The fraction of sp³-hybridized carbons (Fsp3) is 0.385. The van der Waals surface area contributed by atoms with Crippen molar-refractivity contribution in [3.8, 4) is 11.1 Å². The van der Waals surface area contributed by atoms with Gasteiger partial charge in [0.05, 0.1) is 17.8 Å². The average molecular weight is 473 g/mol. The van der Waals surface area contributed by atoms with Gasteiger partial charge < -0.3 is 11.1 Å². The van der Waals surface area contributed by atoms with Crippen LogP contribution in [0.1, 0.15) is 55.1 Å². The summed E-state index contributed by atoms with van der Waals surface area (Å²) in [6, 6.07) is 12.9. The van der Waals surface area contributed by atoms with Crippen LogP contribution in [0.25, 0.3) is 16.8 Å². The number of benzene rings is 1. The first kappa shape index (κ1) is 23.0. The molecule has 3 N–H and O–H groups in total. The fourth-order valence-electron chi connectivity index (χ4n) is 4.60. The van der Waals surface area contributed by atoms with E-state index in [0.717, 1.165) is 50.0 Å². The van der Waals surface area contributed by atoms with E-state index >= 15 is 0 Å². The second-order valence-electron chi connectivity index (χ2n) is 9.37. The SMILES string of the molecule is CCC(C)NC(=O)c1cc(-c2cnn(C3CCN(Cc4ccccc4)CC3)c2)cn2nc(N)nc12. The number of nitrogens with two attached hydrogens (primary N) is 1. The number of nitrogen functional groups attached to an aromatic ring is 1. The number of amides is 1. The van der Waals surface area contributed by atoms with E-state index in [1.165, 1.54) is 5.56 Å². The van der Waals surface area contributed by atoms with Gasteiger partial charge in [0.2, 0.25) is 5.95 Å². The van der Waals surface area contributed by atoms with Crippen molar-refractivity contribution in [2.75, 3.05) is 18.8 Å². The molecule has 0 spiro atoms. The molecule has 0 bridgehead atoms. The molecule has 1 atom stereocenters. The number of carbonyl (C=O) groups is 1. The quantitative estimate of drug-likeness (QED) is 0.426. The van der Waals surface area contributed by atoms with E-state index in [0.29, 0.717) is 17.3 Å². The van der Waals surface area contributed by atoms with Crippen LogP contribution in [0.2, 0.25) is 0 Å². The Balaban J connectivity index is 1.33. The van der Waals surface area contributed by atoms with Crippen molar-refractivity contribution in [3.63, 3.8) is 0 Å². The molecule has 182 valence electrons. The van der Waals surface area contributed by atoms with Crippen LogP contribution in [0, 0.1) is 0 Å². The Kier molecular flexibility index (Phi) is 6.50. The van der Waals surface area contributed by atoms with E-state index < -0.39 is 0 Å². The van der Waals surface area contributed by atoms with Gasteiger partial charge in [0.25, 0.3) is 5.91 Å². The Morgan fingerprint density at radius 1 is 1.17 bits per heavy atom. The summed E-state index contributed by atoms with van der Waals surface area (Å²) in [5, 5.41) is 11.9. The van der Waals surface area contributed by atoms with E-state index in [4.69, 9.17) is 5.73 Å². The summed E-state index contributed by atoms with van der Waals surface area (Å²) in [6.07, 6.45) is 8.71. The van der Waals surface area contributed by atoms with Crippen molar-refractivity contribution < 1.29 is 4.79 Å². The number of likely N-dealkylation sites (tertiary alicyclic amines) is 1. The summed E-state index contributed by atoms with van der Waals surface area (Å²) in [5.41, 5.74) is 9.88. The van der Waals surface area contributed by atoms with E-state index in [1.807, 2.05) is 32.3 Å². The second kappa shape index (κ2) is 9.87. The largest absolute Gasteiger partial charge is 0.366 e. The van der Waals surface area contributed by atoms with Crippen LogP contribution in [-0.2, 0) is 6.54 Å². The summed E-state index contributed by atoms with van der Waals surface area (Å²) in [7, 11) is 0. The summed E-state index contributed by atoms with van der Waals surface area (Å²) >= 11 is 0. The zero-order valence-corrected chi connectivity index (χ0v) is 20.3. The van der Waals surface area contributed by atoms with Crippen LogP contribution in [0.3, 0.4) is 0 Å². The predicted molar refractivity (Wildman–Crippen MR) is 136 cm³/mol. The summed E-state index contributed by atoms with van der Waals surface area (Å²) in [5.74, 6) is -0.0468. The maximum Gasteiger partial charge on any atom is 0.255 e. The number of hydrogen-bond donors (Lipinski definition) is 2. The van der Waals surface area contributed by atoms with Crippen molar-refractivity contribution in [2.45, 2.75) is 51.7 Å². The first-order valence-corrected chi connectivity index (χ1v) is 12.3. The van der Waals surface area contributed by atoms with Gasteiger partial charge in [-0.3, -0.25) is 14.4 Å². The topological polar surface area (TPSA) is 106 Å². The molecule has 0 aliphatic carbocycles. The summed E-state index contributed by atoms with van der Waals surface area (Å²) in [6.45, 7) is 7.08. The molecule has 3 aromatic heterocycles. The van der Waals surface area contributed by atoms with Gasteiger partial charge in [-0.2, -0.15) is 10.1 Å². The van der Waals surface area contributed by atoms with Gasteiger partial charge in [-0.15, -0.1) is 5.10 Å². The average Bonchev–Trinajstić information content (AvgIpc) is 3.50. The molecule has 9 nitrogen and oxygen atoms in total. The van der Waals surface area contributed by atoms with Crippen molar-refractivity contribution in [1.82, 2.24) is 34.6 Å². The Morgan fingerprint density at radius 3 is 2.69 bits per heavy atom. The Morgan fingerprint density at radius 2 is 1.94 bits per heavy atom. The lowest BCUT2D eigenvalue weighted by atomic mass is 10.0. The van der Waals surface area contributed by atoms with Crippen molar-refractivity contribution in [1.29, 1.82) is 0 Å². The maximum atomic E-state index is 13.0. The highest BCUT2D eigenvalue weighted by Gasteiger charge is 2.22. The molecule has 1 aliphatic rings. The minimum Gasteiger partial charge on any atom is -0.366 e. The fourth-order valence-corrected chi connectivity index (χ4v) is 4.60. The molecule has 5 rings (SSSR count). The number of nitrogens with zero attached hydrogens (tertiary/aromatic N) is 6. The molecule has 4 aromatic rings. The highest BCUT2D eigenvalue weighted by Crippen LogP contribution is 2.27. The molecular formula is C26H32N8O. The van der Waals surface area contributed by atoms with Gasteiger partial charge in [0.1, 0.15) is 0 Å². The molecule has 4 heterocycles. The lowest BCUT2D eigenvalue weighted by Gasteiger charge is -2.32. The summed E-state index contributed by atoms with van der Waals surface area (Å²) < 4.78 is 3.64. The highest BCUT2D eigenvalue weighted by molar-refractivity contribution is 6.01. The molecule has 35 heavy (non-hydrogen) atoms. The number of anilines is 1. The van der Waals surface area contributed by atoms with Crippen molar-refractivity contribution in [2.24, 2.45) is 0 Å². The number of carbonyl (C=O) groups excluding carboxylic acids is 1. The van der Waals surface area contributed by atoms with E-state index in [1.54, 1.807) is 4.52 Å². The smallest absolute Gasteiger partial charge is 0.255 e. The molecule has 9 heteroatoms. The lowest BCUT2D eigenvalue weighted by molar-refractivity contribution is 0.0940. The molecular weight excluding hydrogens is 440 g/mol. The first-order valence-electron chi connectivity index (χ1n) is 12.3. The number of nitrogens with one attached hydrogen (secondary N) is 1. The normalized spacial score (nSPS) is 15.9.